The molecule has 1 saturated heterocycles. The van der Waals surface area contributed by atoms with Crippen molar-refractivity contribution >= 4 is 5.82 Å². The van der Waals surface area contributed by atoms with E-state index in [0.717, 1.165) is 25.3 Å². The maximum atomic E-state index is 5.80. The molecule has 5 nitrogen and oxygen atoms in total. The van der Waals surface area contributed by atoms with Crippen LogP contribution in [0, 0.1) is 0 Å². The summed E-state index contributed by atoms with van der Waals surface area (Å²) in [5.41, 5.74) is 6.84. The molecule has 0 amide bonds. The maximum absolute atomic E-state index is 5.80. The summed E-state index contributed by atoms with van der Waals surface area (Å²) in [6.07, 6.45) is 3.75. The predicted octanol–water partition coefficient (Wildman–Crippen LogP) is 1.55. The van der Waals surface area contributed by atoms with Crippen molar-refractivity contribution in [1.29, 1.82) is 0 Å². The van der Waals surface area contributed by atoms with Gasteiger partial charge in [-0.05, 0) is 25.2 Å². The van der Waals surface area contributed by atoms with Gasteiger partial charge in [0.1, 0.15) is 0 Å². The largest absolute Gasteiger partial charge is 0.381 e. The van der Waals surface area contributed by atoms with Crippen LogP contribution >= 0.6 is 0 Å². The van der Waals surface area contributed by atoms with Gasteiger partial charge in [0.15, 0.2) is 5.82 Å². The van der Waals surface area contributed by atoms with Gasteiger partial charge in [-0.2, -0.15) is 0 Å². The molecule has 0 saturated carbocycles. The van der Waals surface area contributed by atoms with Crippen molar-refractivity contribution in [3.63, 3.8) is 0 Å². The van der Waals surface area contributed by atoms with Gasteiger partial charge in [-0.1, -0.05) is 19.1 Å². The van der Waals surface area contributed by atoms with Crippen LogP contribution in [0.4, 0.5) is 5.82 Å². The Morgan fingerprint density at radius 2 is 2.38 bits per heavy atom. The molecule has 16 heavy (non-hydrogen) atoms. The maximum Gasteiger partial charge on any atom is 0.169 e. The first kappa shape index (κ1) is 11.4. The van der Waals surface area contributed by atoms with Crippen LogP contribution in [0.15, 0.2) is 0 Å². The number of hydrogen-bond donors (Lipinski definition) is 1. The monoisotopic (exact) mass is 224 g/mol. The van der Waals surface area contributed by atoms with E-state index < -0.39 is 0 Å². The fourth-order valence-corrected chi connectivity index (χ4v) is 2.23. The molecule has 1 aromatic rings. The molecule has 0 spiro atoms. The highest BCUT2D eigenvalue weighted by Crippen LogP contribution is 2.21. The number of anilines is 1. The zero-order chi connectivity index (χ0) is 11.5. The molecular weight excluding hydrogens is 204 g/mol. The third kappa shape index (κ3) is 2.35. The molecule has 0 aromatic carbocycles. The van der Waals surface area contributed by atoms with Crippen molar-refractivity contribution in [1.82, 2.24) is 15.0 Å². The first-order valence-corrected chi connectivity index (χ1v) is 5.99. The summed E-state index contributed by atoms with van der Waals surface area (Å²) in [6, 6.07) is 0. The number of ether oxygens (including phenoxy) is 1. The molecule has 5 heteroatoms. The average molecular weight is 224 g/mol. The fourth-order valence-electron chi connectivity index (χ4n) is 2.23. The van der Waals surface area contributed by atoms with E-state index in [-0.39, 0.29) is 0 Å². The van der Waals surface area contributed by atoms with Gasteiger partial charge in [-0.15, -0.1) is 5.10 Å². The lowest BCUT2D eigenvalue weighted by molar-refractivity contribution is 0.0990. The first-order chi connectivity index (χ1) is 7.68. The minimum atomic E-state index is 0.361. The van der Waals surface area contributed by atoms with Gasteiger partial charge in [0, 0.05) is 13.2 Å². The number of rotatable bonds is 4. The van der Waals surface area contributed by atoms with Gasteiger partial charge in [-0.3, -0.25) is 0 Å². The lowest BCUT2D eigenvalue weighted by Crippen LogP contribution is -2.14. The van der Waals surface area contributed by atoms with Crippen molar-refractivity contribution in [2.75, 3.05) is 12.3 Å². The Bertz CT molecular complexity index is 342. The Hall–Kier alpha value is -1.10. The molecule has 2 rings (SSSR count). The van der Waals surface area contributed by atoms with Gasteiger partial charge in [0.2, 0.25) is 0 Å². The molecule has 1 fully saturated rings. The van der Waals surface area contributed by atoms with Gasteiger partial charge in [0.05, 0.1) is 11.8 Å². The van der Waals surface area contributed by atoms with E-state index in [1.807, 2.05) is 4.68 Å². The van der Waals surface area contributed by atoms with Crippen LogP contribution < -0.4 is 5.73 Å². The zero-order valence-corrected chi connectivity index (χ0v) is 10.0. The third-order valence-electron chi connectivity index (χ3n) is 3.03. The minimum absolute atomic E-state index is 0.361. The van der Waals surface area contributed by atoms with Crippen LogP contribution in [0.2, 0.25) is 0 Å². The van der Waals surface area contributed by atoms with Crippen LogP contribution in [-0.2, 0) is 11.3 Å². The van der Waals surface area contributed by atoms with Crippen molar-refractivity contribution in [3.05, 3.63) is 5.69 Å². The Morgan fingerprint density at radius 1 is 1.56 bits per heavy atom. The molecular formula is C11H20N4O. The molecule has 1 atom stereocenters. The Balaban J connectivity index is 1.97. The molecule has 1 aromatic heterocycles. The van der Waals surface area contributed by atoms with Crippen molar-refractivity contribution < 1.29 is 4.74 Å². The molecule has 0 radical (unpaired) electrons. The van der Waals surface area contributed by atoms with E-state index in [4.69, 9.17) is 10.5 Å². The predicted molar refractivity (Wildman–Crippen MR) is 62.1 cm³/mol. The summed E-state index contributed by atoms with van der Waals surface area (Å²) >= 11 is 0. The van der Waals surface area contributed by atoms with Crippen LogP contribution in [-0.4, -0.2) is 27.7 Å². The number of nitrogens with zero attached hydrogens (tertiary/aromatic N) is 3. The average Bonchev–Trinajstić information content (AvgIpc) is 2.83. The summed E-state index contributed by atoms with van der Waals surface area (Å²) in [5.74, 6) is 0.918. The number of aromatic nitrogens is 3. The zero-order valence-electron chi connectivity index (χ0n) is 10.0. The van der Waals surface area contributed by atoms with Crippen LogP contribution in [0.3, 0.4) is 0 Å². The molecule has 0 bridgehead atoms. The standard InChI is InChI=1S/C11H20N4O/c1-8(2)10-11(12)13-14-15(10)6-5-9-4-3-7-16-9/h8-9H,3-7,12H2,1-2H3. The lowest BCUT2D eigenvalue weighted by atomic mass is 10.1. The summed E-state index contributed by atoms with van der Waals surface area (Å²) in [4.78, 5) is 0. The summed E-state index contributed by atoms with van der Waals surface area (Å²) in [7, 11) is 0. The second-order valence-electron chi connectivity index (χ2n) is 4.66. The number of hydrogen-bond acceptors (Lipinski definition) is 4. The molecule has 2 N–H and O–H groups in total. The van der Waals surface area contributed by atoms with Gasteiger partial charge < -0.3 is 10.5 Å². The normalized spacial score (nSPS) is 20.8. The van der Waals surface area contributed by atoms with E-state index in [0.29, 0.717) is 17.8 Å². The number of nitrogens with two attached hydrogens (primary N) is 1. The fraction of sp³-hybridized carbons (Fsp3) is 0.818. The van der Waals surface area contributed by atoms with E-state index in [1.165, 1.54) is 12.8 Å². The summed E-state index contributed by atoms with van der Waals surface area (Å²) in [5, 5.41) is 8.02. The van der Waals surface area contributed by atoms with E-state index in [1.54, 1.807) is 0 Å². The SMILES string of the molecule is CC(C)c1c(N)nnn1CCC1CCCO1. The Morgan fingerprint density at radius 3 is 3.00 bits per heavy atom. The number of aryl methyl sites for hydroxylation is 1. The van der Waals surface area contributed by atoms with Gasteiger partial charge in [-0.25, -0.2) is 4.68 Å². The highest BCUT2D eigenvalue weighted by atomic mass is 16.5. The third-order valence-corrected chi connectivity index (χ3v) is 3.03. The van der Waals surface area contributed by atoms with E-state index >= 15 is 0 Å². The highest BCUT2D eigenvalue weighted by molar-refractivity contribution is 5.35. The smallest absolute Gasteiger partial charge is 0.169 e. The quantitative estimate of drug-likeness (QED) is 0.842. The lowest BCUT2D eigenvalue weighted by Gasteiger charge is -2.12. The van der Waals surface area contributed by atoms with Gasteiger partial charge >= 0.3 is 0 Å². The molecule has 90 valence electrons. The Labute approximate surface area is 96.0 Å². The molecule has 1 unspecified atom stereocenters. The van der Waals surface area contributed by atoms with Crippen LogP contribution in [0.25, 0.3) is 0 Å². The molecule has 1 aliphatic rings. The summed E-state index contributed by atoms with van der Waals surface area (Å²) in [6.45, 7) is 5.97. The van der Waals surface area contributed by atoms with Crippen LogP contribution in [0.1, 0.15) is 44.7 Å². The molecule has 2 heterocycles. The number of nitrogen functional groups attached to an aromatic ring is 1. The first-order valence-electron chi connectivity index (χ1n) is 5.99. The van der Waals surface area contributed by atoms with Crippen LogP contribution in [0.5, 0.6) is 0 Å². The van der Waals surface area contributed by atoms with E-state index in [2.05, 4.69) is 24.2 Å². The minimum Gasteiger partial charge on any atom is -0.381 e. The van der Waals surface area contributed by atoms with Crippen molar-refractivity contribution in [2.45, 2.75) is 51.7 Å². The molecule has 1 aliphatic heterocycles. The Kier molecular flexibility index (Phi) is 3.43. The summed E-state index contributed by atoms with van der Waals surface area (Å²) < 4.78 is 7.51. The van der Waals surface area contributed by atoms with Crippen molar-refractivity contribution in [2.24, 2.45) is 0 Å². The van der Waals surface area contributed by atoms with E-state index in [9.17, 15) is 0 Å². The highest BCUT2D eigenvalue weighted by Gasteiger charge is 2.18. The molecule has 0 aliphatic carbocycles. The topological polar surface area (TPSA) is 66.0 Å². The second kappa shape index (κ2) is 4.82. The second-order valence-corrected chi connectivity index (χ2v) is 4.66. The van der Waals surface area contributed by atoms with Gasteiger partial charge in [0.25, 0.3) is 0 Å². The van der Waals surface area contributed by atoms with Crippen molar-refractivity contribution in [3.8, 4) is 0 Å².